The van der Waals surface area contributed by atoms with Crippen molar-refractivity contribution in [1.29, 1.82) is 0 Å². The Balaban J connectivity index is 1.72. The lowest BCUT2D eigenvalue weighted by atomic mass is 10.1. The first-order valence-corrected chi connectivity index (χ1v) is 11.6. The van der Waals surface area contributed by atoms with Gasteiger partial charge in [-0.15, -0.1) is 0 Å². The third-order valence-corrected chi connectivity index (χ3v) is 5.02. The largest absolute Gasteiger partial charge is 0.490 e. The second kappa shape index (κ2) is 12.5. The van der Waals surface area contributed by atoms with Gasteiger partial charge in [-0.2, -0.15) is 0 Å². The number of carbonyl (C=O) groups excluding carboxylic acids is 1. The number of amides is 1. The minimum atomic E-state index is -0.238. The van der Waals surface area contributed by atoms with E-state index in [2.05, 4.69) is 10.3 Å². The lowest BCUT2D eigenvalue weighted by molar-refractivity contribution is 0.0939. The fourth-order valence-corrected chi connectivity index (χ4v) is 3.37. The number of ether oxygens (including phenoxy) is 4. The standard InChI is InChI=1S/C27H32N2O5/c1-5-31-23-13-11-20(16-25(23)32-6-2)19(4)29-27(30)21-12-14-24(26(17-21)33-7-3)34-18-22-10-8-9-15-28-22/h8-17,19H,5-7,18H2,1-4H3,(H,29,30). The fraction of sp³-hybridized carbons (Fsp3) is 0.333. The van der Waals surface area contributed by atoms with Gasteiger partial charge in [-0.25, -0.2) is 0 Å². The molecular formula is C27H32N2O5. The molecule has 2 aromatic carbocycles. The molecule has 0 radical (unpaired) electrons. The summed E-state index contributed by atoms with van der Waals surface area (Å²) in [6.45, 7) is 9.51. The van der Waals surface area contributed by atoms with E-state index in [1.165, 1.54) is 0 Å². The van der Waals surface area contributed by atoms with Crippen LogP contribution >= 0.6 is 0 Å². The van der Waals surface area contributed by atoms with Gasteiger partial charge in [0, 0.05) is 11.8 Å². The third-order valence-electron chi connectivity index (χ3n) is 5.02. The fourth-order valence-electron chi connectivity index (χ4n) is 3.37. The summed E-state index contributed by atoms with van der Waals surface area (Å²) in [5.74, 6) is 2.21. The molecule has 7 nitrogen and oxygen atoms in total. The Labute approximate surface area is 201 Å². The van der Waals surface area contributed by atoms with E-state index in [1.54, 1.807) is 24.4 Å². The quantitative estimate of drug-likeness (QED) is 0.389. The molecule has 1 N–H and O–H groups in total. The predicted molar refractivity (Wildman–Crippen MR) is 131 cm³/mol. The first-order chi connectivity index (χ1) is 16.5. The van der Waals surface area contributed by atoms with Crippen LogP contribution in [0.2, 0.25) is 0 Å². The molecule has 0 aliphatic heterocycles. The van der Waals surface area contributed by atoms with E-state index in [0.717, 1.165) is 11.3 Å². The highest BCUT2D eigenvalue weighted by atomic mass is 16.5. The molecule has 1 aromatic heterocycles. The van der Waals surface area contributed by atoms with Gasteiger partial charge in [-0.1, -0.05) is 12.1 Å². The number of nitrogens with zero attached hydrogens (tertiary/aromatic N) is 1. The van der Waals surface area contributed by atoms with Gasteiger partial charge in [0.05, 0.1) is 31.6 Å². The average molecular weight is 465 g/mol. The Morgan fingerprint density at radius 1 is 0.824 bits per heavy atom. The molecule has 3 aromatic rings. The van der Waals surface area contributed by atoms with Crippen molar-refractivity contribution in [1.82, 2.24) is 10.3 Å². The number of rotatable bonds is 12. The Hall–Kier alpha value is -3.74. The number of benzene rings is 2. The van der Waals surface area contributed by atoms with Crippen molar-refractivity contribution in [2.45, 2.75) is 40.3 Å². The van der Waals surface area contributed by atoms with Crippen molar-refractivity contribution in [3.63, 3.8) is 0 Å². The number of nitrogens with one attached hydrogen (secondary N) is 1. The second-order valence-electron chi connectivity index (χ2n) is 7.47. The predicted octanol–water partition coefficient (Wildman–Crippen LogP) is 5.35. The maximum Gasteiger partial charge on any atom is 0.251 e. The van der Waals surface area contributed by atoms with Crippen LogP contribution in [0.15, 0.2) is 60.8 Å². The smallest absolute Gasteiger partial charge is 0.251 e. The summed E-state index contributed by atoms with van der Waals surface area (Å²) in [7, 11) is 0. The molecule has 1 amide bonds. The van der Waals surface area contributed by atoms with Gasteiger partial charge in [-0.05, 0) is 75.7 Å². The lowest BCUT2D eigenvalue weighted by Crippen LogP contribution is -2.26. The Morgan fingerprint density at radius 2 is 1.47 bits per heavy atom. The van der Waals surface area contributed by atoms with Gasteiger partial charge in [0.2, 0.25) is 0 Å². The zero-order chi connectivity index (χ0) is 24.3. The average Bonchev–Trinajstić information content (AvgIpc) is 2.85. The summed E-state index contributed by atoms with van der Waals surface area (Å²) < 4.78 is 22.9. The van der Waals surface area contributed by atoms with Crippen LogP contribution < -0.4 is 24.3 Å². The summed E-state index contributed by atoms with van der Waals surface area (Å²) in [4.78, 5) is 17.2. The summed E-state index contributed by atoms with van der Waals surface area (Å²) >= 11 is 0. The molecule has 1 heterocycles. The molecule has 0 aliphatic carbocycles. The summed E-state index contributed by atoms with van der Waals surface area (Å²) in [5.41, 5.74) is 2.21. The van der Waals surface area contributed by atoms with E-state index in [1.807, 2.05) is 64.1 Å². The second-order valence-corrected chi connectivity index (χ2v) is 7.47. The Bertz CT molecular complexity index is 1070. The normalized spacial score (nSPS) is 11.4. The topological polar surface area (TPSA) is 78.9 Å². The molecule has 0 fully saturated rings. The number of pyridine rings is 1. The van der Waals surface area contributed by atoms with Crippen molar-refractivity contribution in [2.75, 3.05) is 19.8 Å². The van der Waals surface area contributed by atoms with E-state index >= 15 is 0 Å². The molecule has 3 rings (SSSR count). The van der Waals surface area contributed by atoms with E-state index in [0.29, 0.717) is 55.0 Å². The van der Waals surface area contributed by atoms with Crippen LogP contribution in [0.4, 0.5) is 0 Å². The van der Waals surface area contributed by atoms with Gasteiger partial charge in [-0.3, -0.25) is 9.78 Å². The molecule has 0 spiro atoms. The number of hydrogen-bond donors (Lipinski definition) is 1. The summed E-state index contributed by atoms with van der Waals surface area (Å²) in [5, 5.41) is 3.04. The molecule has 1 unspecified atom stereocenters. The van der Waals surface area contributed by atoms with Gasteiger partial charge in [0.1, 0.15) is 6.61 Å². The molecule has 180 valence electrons. The monoisotopic (exact) mass is 464 g/mol. The van der Waals surface area contributed by atoms with Crippen LogP contribution in [0.5, 0.6) is 23.0 Å². The summed E-state index contributed by atoms with van der Waals surface area (Å²) in [6.07, 6.45) is 1.72. The number of hydrogen-bond acceptors (Lipinski definition) is 6. The van der Waals surface area contributed by atoms with Crippen LogP contribution in [-0.2, 0) is 6.61 Å². The minimum absolute atomic E-state index is 0.212. The summed E-state index contributed by atoms with van der Waals surface area (Å²) in [6, 6.07) is 16.3. The zero-order valence-electron chi connectivity index (χ0n) is 20.2. The van der Waals surface area contributed by atoms with Gasteiger partial charge >= 0.3 is 0 Å². The van der Waals surface area contributed by atoms with Crippen molar-refractivity contribution in [3.8, 4) is 23.0 Å². The van der Waals surface area contributed by atoms with E-state index < -0.39 is 0 Å². The van der Waals surface area contributed by atoms with E-state index in [-0.39, 0.29) is 11.9 Å². The molecule has 34 heavy (non-hydrogen) atoms. The van der Waals surface area contributed by atoms with Gasteiger partial charge in [0.25, 0.3) is 5.91 Å². The lowest BCUT2D eigenvalue weighted by Gasteiger charge is -2.18. The van der Waals surface area contributed by atoms with Crippen LogP contribution in [0.25, 0.3) is 0 Å². The minimum Gasteiger partial charge on any atom is -0.490 e. The molecule has 1 atom stereocenters. The number of carbonyl (C=O) groups is 1. The van der Waals surface area contributed by atoms with Crippen LogP contribution in [0.3, 0.4) is 0 Å². The maximum absolute atomic E-state index is 13.0. The maximum atomic E-state index is 13.0. The zero-order valence-corrected chi connectivity index (χ0v) is 20.2. The van der Waals surface area contributed by atoms with Gasteiger partial charge < -0.3 is 24.3 Å². The molecule has 0 bridgehead atoms. The highest BCUT2D eigenvalue weighted by molar-refractivity contribution is 5.95. The van der Waals surface area contributed by atoms with Crippen LogP contribution in [0, 0.1) is 0 Å². The van der Waals surface area contributed by atoms with Crippen LogP contribution in [-0.4, -0.2) is 30.7 Å². The molecular weight excluding hydrogens is 432 g/mol. The van der Waals surface area contributed by atoms with E-state index in [9.17, 15) is 4.79 Å². The van der Waals surface area contributed by atoms with Crippen molar-refractivity contribution in [3.05, 3.63) is 77.6 Å². The Morgan fingerprint density at radius 3 is 2.15 bits per heavy atom. The van der Waals surface area contributed by atoms with E-state index in [4.69, 9.17) is 18.9 Å². The Kier molecular flexibility index (Phi) is 9.14. The van der Waals surface area contributed by atoms with Crippen LogP contribution in [0.1, 0.15) is 55.4 Å². The SMILES string of the molecule is CCOc1ccc(C(C)NC(=O)c2ccc(OCc3ccccn3)c(OCC)c2)cc1OCC. The molecule has 0 aliphatic rings. The van der Waals surface area contributed by atoms with Gasteiger partial charge in [0.15, 0.2) is 23.0 Å². The number of aromatic nitrogens is 1. The molecule has 0 saturated heterocycles. The first kappa shape index (κ1) is 24.9. The van der Waals surface area contributed by atoms with Crippen molar-refractivity contribution in [2.24, 2.45) is 0 Å². The molecule has 0 saturated carbocycles. The van der Waals surface area contributed by atoms with Crippen molar-refractivity contribution < 1.29 is 23.7 Å². The third kappa shape index (κ3) is 6.63. The highest BCUT2D eigenvalue weighted by Crippen LogP contribution is 2.32. The van der Waals surface area contributed by atoms with Crippen molar-refractivity contribution >= 4 is 5.91 Å². The first-order valence-electron chi connectivity index (χ1n) is 11.6. The molecule has 7 heteroatoms. The highest BCUT2D eigenvalue weighted by Gasteiger charge is 2.17.